The van der Waals surface area contributed by atoms with Crippen molar-refractivity contribution in [3.05, 3.63) is 64.7 Å². The molecule has 2 aromatic rings. The molecule has 1 atom stereocenters. The maximum Gasteiger partial charge on any atom is 0.244 e. The van der Waals surface area contributed by atoms with Gasteiger partial charge in [0.2, 0.25) is 5.91 Å². The maximum atomic E-state index is 12.7. The van der Waals surface area contributed by atoms with E-state index in [-0.39, 0.29) is 5.91 Å². The summed E-state index contributed by atoms with van der Waals surface area (Å²) in [5, 5.41) is 3.00. The van der Waals surface area contributed by atoms with E-state index >= 15 is 0 Å². The molecule has 0 heterocycles. The first-order chi connectivity index (χ1) is 11.1. The average Bonchev–Trinajstić information content (AvgIpc) is 2.91. The minimum Gasteiger partial charge on any atom is -0.398 e. The van der Waals surface area contributed by atoms with Crippen LogP contribution in [0.4, 0.5) is 5.69 Å². The first-order valence-corrected chi connectivity index (χ1v) is 8.08. The molecule has 0 saturated carbocycles. The van der Waals surface area contributed by atoms with Crippen molar-refractivity contribution >= 4 is 11.6 Å². The van der Waals surface area contributed by atoms with Crippen LogP contribution in [0.1, 0.15) is 35.6 Å². The van der Waals surface area contributed by atoms with Crippen molar-refractivity contribution in [2.24, 2.45) is 5.73 Å². The largest absolute Gasteiger partial charge is 0.398 e. The van der Waals surface area contributed by atoms with Crippen LogP contribution in [0.15, 0.2) is 42.5 Å². The summed E-state index contributed by atoms with van der Waals surface area (Å²) in [6.45, 7) is 2.52. The second-order valence-corrected chi connectivity index (χ2v) is 6.15. The van der Waals surface area contributed by atoms with E-state index < -0.39 is 5.54 Å². The number of nitrogens with two attached hydrogens (primary N) is 2. The molecule has 3 rings (SSSR count). The minimum absolute atomic E-state index is 0.119. The van der Waals surface area contributed by atoms with Crippen LogP contribution >= 0.6 is 0 Å². The molecule has 23 heavy (non-hydrogen) atoms. The van der Waals surface area contributed by atoms with Gasteiger partial charge in [-0.1, -0.05) is 43.3 Å². The molecule has 0 aromatic heterocycles. The standard InChI is InChI=1S/C19H23N3O/c1-2-15-14(7-5-9-17(15)20)12-22-18(23)19(21)11-10-13-6-3-4-8-16(13)19/h3-9H,2,10-12,20-21H2,1H3,(H,22,23). The molecule has 0 radical (unpaired) electrons. The minimum atomic E-state index is -0.927. The van der Waals surface area contributed by atoms with Gasteiger partial charge < -0.3 is 16.8 Å². The molecule has 0 bridgehead atoms. The van der Waals surface area contributed by atoms with Gasteiger partial charge in [0.15, 0.2) is 0 Å². The molecule has 4 nitrogen and oxygen atoms in total. The number of hydrogen-bond donors (Lipinski definition) is 3. The van der Waals surface area contributed by atoms with Gasteiger partial charge in [-0.25, -0.2) is 0 Å². The molecule has 0 fully saturated rings. The van der Waals surface area contributed by atoms with Gasteiger partial charge in [0.25, 0.3) is 0 Å². The Morgan fingerprint density at radius 2 is 2.00 bits per heavy atom. The van der Waals surface area contributed by atoms with Crippen molar-refractivity contribution in [3.63, 3.8) is 0 Å². The fourth-order valence-corrected chi connectivity index (χ4v) is 3.46. The number of amides is 1. The van der Waals surface area contributed by atoms with Crippen molar-refractivity contribution in [1.29, 1.82) is 0 Å². The highest BCUT2D eigenvalue weighted by atomic mass is 16.2. The van der Waals surface area contributed by atoms with Gasteiger partial charge in [-0.2, -0.15) is 0 Å². The number of nitrogens with one attached hydrogen (secondary N) is 1. The molecule has 120 valence electrons. The normalized spacial score (nSPS) is 19.4. The van der Waals surface area contributed by atoms with Crippen LogP contribution in [0.2, 0.25) is 0 Å². The summed E-state index contributed by atoms with van der Waals surface area (Å²) in [7, 11) is 0. The maximum absolute atomic E-state index is 12.7. The topological polar surface area (TPSA) is 81.1 Å². The highest BCUT2D eigenvalue weighted by molar-refractivity contribution is 5.88. The third-order valence-electron chi connectivity index (χ3n) is 4.79. The molecular formula is C19H23N3O. The lowest BCUT2D eigenvalue weighted by molar-refractivity contribution is -0.126. The van der Waals surface area contributed by atoms with Gasteiger partial charge in [-0.15, -0.1) is 0 Å². The highest BCUT2D eigenvalue weighted by Gasteiger charge is 2.41. The number of nitrogen functional groups attached to an aromatic ring is 1. The molecule has 2 aromatic carbocycles. The van der Waals surface area contributed by atoms with Crippen LogP contribution in [0, 0.1) is 0 Å². The van der Waals surface area contributed by atoms with Crippen molar-refractivity contribution in [2.75, 3.05) is 5.73 Å². The van der Waals surface area contributed by atoms with Gasteiger partial charge in [0.05, 0.1) is 0 Å². The monoisotopic (exact) mass is 309 g/mol. The van der Waals surface area contributed by atoms with E-state index in [0.717, 1.165) is 35.2 Å². The van der Waals surface area contributed by atoms with Gasteiger partial charge in [-0.05, 0) is 47.6 Å². The van der Waals surface area contributed by atoms with Crippen LogP contribution in [0.5, 0.6) is 0 Å². The fourth-order valence-electron chi connectivity index (χ4n) is 3.46. The Bertz CT molecular complexity index is 741. The summed E-state index contributed by atoms with van der Waals surface area (Å²) in [5.41, 5.74) is 16.6. The summed E-state index contributed by atoms with van der Waals surface area (Å²) in [6, 6.07) is 13.7. The number of carbonyl (C=O) groups excluding carboxylic acids is 1. The number of hydrogen-bond acceptors (Lipinski definition) is 3. The Balaban J connectivity index is 1.78. The Morgan fingerprint density at radius 3 is 2.78 bits per heavy atom. The van der Waals surface area contributed by atoms with Crippen LogP contribution in [0.25, 0.3) is 0 Å². The summed E-state index contributed by atoms with van der Waals surface area (Å²) in [4.78, 5) is 12.7. The molecule has 5 N–H and O–H groups in total. The van der Waals surface area contributed by atoms with Crippen molar-refractivity contribution in [1.82, 2.24) is 5.32 Å². The van der Waals surface area contributed by atoms with Gasteiger partial charge >= 0.3 is 0 Å². The number of anilines is 1. The Hall–Kier alpha value is -2.33. The van der Waals surface area contributed by atoms with Crippen molar-refractivity contribution in [3.8, 4) is 0 Å². The van der Waals surface area contributed by atoms with Gasteiger partial charge in [0, 0.05) is 12.2 Å². The van der Waals surface area contributed by atoms with E-state index in [1.54, 1.807) is 0 Å². The summed E-state index contributed by atoms with van der Waals surface area (Å²) in [5.74, 6) is -0.119. The van der Waals surface area contributed by atoms with Crippen LogP contribution in [0.3, 0.4) is 0 Å². The molecular weight excluding hydrogens is 286 g/mol. The Kier molecular flexibility index (Phi) is 4.09. The predicted molar refractivity (Wildman–Crippen MR) is 92.7 cm³/mol. The average molecular weight is 309 g/mol. The van der Waals surface area contributed by atoms with Crippen LogP contribution < -0.4 is 16.8 Å². The van der Waals surface area contributed by atoms with E-state index in [1.807, 2.05) is 42.5 Å². The third kappa shape index (κ3) is 2.70. The van der Waals surface area contributed by atoms with Crippen molar-refractivity contribution in [2.45, 2.75) is 38.3 Å². The summed E-state index contributed by atoms with van der Waals surface area (Å²) < 4.78 is 0. The lowest BCUT2D eigenvalue weighted by Crippen LogP contribution is -2.49. The molecule has 0 spiro atoms. The predicted octanol–water partition coefficient (Wildman–Crippen LogP) is 2.25. The molecule has 1 aliphatic carbocycles. The van der Waals surface area contributed by atoms with Gasteiger partial charge in [0.1, 0.15) is 5.54 Å². The number of benzene rings is 2. The fraction of sp³-hybridized carbons (Fsp3) is 0.316. The van der Waals surface area contributed by atoms with E-state index in [4.69, 9.17) is 11.5 Å². The Labute approximate surface area is 136 Å². The smallest absolute Gasteiger partial charge is 0.244 e. The van der Waals surface area contributed by atoms with E-state index in [2.05, 4.69) is 12.2 Å². The zero-order valence-electron chi connectivity index (χ0n) is 13.4. The van der Waals surface area contributed by atoms with E-state index in [0.29, 0.717) is 13.0 Å². The zero-order chi connectivity index (χ0) is 16.4. The van der Waals surface area contributed by atoms with Crippen LogP contribution in [-0.4, -0.2) is 5.91 Å². The zero-order valence-corrected chi connectivity index (χ0v) is 13.4. The summed E-state index contributed by atoms with van der Waals surface area (Å²) in [6.07, 6.45) is 2.34. The number of rotatable bonds is 4. The first kappa shape index (κ1) is 15.6. The first-order valence-electron chi connectivity index (χ1n) is 8.08. The van der Waals surface area contributed by atoms with Crippen molar-refractivity contribution < 1.29 is 4.79 Å². The molecule has 0 saturated heterocycles. The lowest BCUT2D eigenvalue weighted by Gasteiger charge is -2.24. The SMILES string of the molecule is CCc1c(N)cccc1CNC(=O)C1(N)CCc2ccccc21. The molecule has 4 heteroatoms. The Morgan fingerprint density at radius 1 is 1.22 bits per heavy atom. The molecule has 1 amide bonds. The summed E-state index contributed by atoms with van der Waals surface area (Å²) >= 11 is 0. The lowest BCUT2D eigenvalue weighted by atomic mass is 9.92. The second kappa shape index (κ2) is 6.05. The van der Waals surface area contributed by atoms with E-state index in [9.17, 15) is 4.79 Å². The third-order valence-corrected chi connectivity index (χ3v) is 4.79. The molecule has 1 unspecified atom stereocenters. The highest BCUT2D eigenvalue weighted by Crippen LogP contribution is 2.34. The number of carbonyl (C=O) groups is 1. The van der Waals surface area contributed by atoms with Gasteiger partial charge in [-0.3, -0.25) is 4.79 Å². The van der Waals surface area contributed by atoms with E-state index in [1.165, 1.54) is 5.56 Å². The van der Waals surface area contributed by atoms with Crippen LogP contribution in [-0.2, 0) is 29.7 Å². The second-order valence-electron chi connectivity index (χ2n) is 6.15. The molecule has 1 aliphatic rings. The quantitative estimate of drug-likeness (QED) is 0.758. The number of aryl methyl sites for hydroxylation is 1. The molecule has 0 aliphatic heterocycles. The number of fused-ring (bicyclic) bond motifs is 1.